The van der Waals surface area contributed by atoms with Gasteiger partial charge in [0.05, 0.1) is 17.9 Å². The zero-order valence-corrected chi connectivity index (χ0v) is 14.0. The lowest BCUT2D eigenvalue weighted by molar-refractivity contribution is 0.0953. The van der Waals surface area contributed by atoms with E-state index in [4.69, 9.17) is 5.11 Å². The molecule has 2 aromatic rings. The second kappa shape index (κ2) is 7.92. The SMILES string of the molecule is CCn1cc(C(=O)NCCc2ccc(CO)cc2)c(C(C)C)n1. The van der Waals surface area contributed by atoms with E-state index in [1.165, 1.54) is 0 Å². The molecule has 5 heteroatoms. The normalized spacial score (nSPS) is 11.0. The molecule has 2 rings (SSSR count). The molecule has 2 N–H and O–H groups in total. The van der Waals surface area contributed by atoms with Crippen LogP contribution in [0.5, 0.6) is 0 Å². The van der Waals surface area contributed by atoms with Gasteiger partial charge < -0.3 is 10.4 Å². The number of benzene rings is 1. The number of nitrogens with zero attached hydrogens (tertiary/aromatic N) is 2. The van der Waals surface area contributed by atoms with Gasteiger partial charge in [-0.2, -0.15) is 5.10 Å². The third kappa shape index (κ3) is 4.42. The van der Waals surface area contributed by atoms with Crippen molar-refractivity contribution in [2.24, 2.45) is 0 Å². The number of aliphatic hydroxyl groups excluding tert-OH is 1. The highest BCUT2D eigenvalue weighted by molar-refractivity contribution is 5.95. The lowest BCUT2D eigenvalue weighted by atomic mass is 10.1. The molecular weight excluding hydrogens is 290 g/mol. The molecular formula is C18H25N3O2. The number of carbonyl (C=O) groups is 1. The summed E-state index contributed by atoms with van der Waals surface area (Å²) >= 11 is 0. The Hall–Kier alpha value is -2.14. The second-order valence-electron chi connectivity index (χ2n) is 5.92. The van der Waals surface area contributed by atoms with Crippen molar-refractivity contribution in [3.8, 4) is 0 Å². The van der Waals surface area contributed by atoms with Crippen LogP contribution in [0.25, 0.3) is 0 Å². The average Bonchev–Trinajstić information content (AvgIpc) is 3.00. The van der Waals surface area contributed by atoms with Gasteiger partial charge in [0, 0.05) is 19.3 Å². The molecule has 0 aliphatic rings. The highest BCUT2D eigenvalue weighted by Gasteiger charge is 2.18. The van der Waals surface area contributed by atoms with Gasteiger partial charge in [0.15, 0.2) is 0 Å². The zero-order chi connectivity index (χ0) is 16.8. The van der Waals surface area contributed by atoms with Crippen LogP contribution in [0.3, 0.4) is 0 Å². The largest absolute Gasteiger partial charge is 0.392 e. The van der Waals surface area contributed by atoms with Gasteiger partial charge in [0.1, 0.15) is 0 Å². The van der Waals surface area contributed by atoms with Crippen LogP contribution < -0.4 is 5.32 Å². The van der Waals surface area contributed by atoms with Crippen LogP contribution >= 0.6 is 0 Å². The number of rotatable bonds is 7. The smallest absolute Gasteiger partial charge is 0.254 e. The standard InChI is InChI=1S/C18H25N3O2/c1-4-21-11-16(17(20-21)13(2)3)18(23)19-10-9-14-5-7-15(12-22)8-6-14/h5-8,11,13,22H,4,9-10,12H2,1-3H3,(H,19,23). The predicted octanol–water partition coefficient (Wildman–Crippen LogP) is 2.49. The Morgan fingerprint density at radius 2 is 1.91 bits per heavy atom. The van der Waals surface area contributed by atoms with Crippen LogP contribution in [0.15, 0.2) is 30.5 Å². The molecule has 5 nitrogen and oxygen atoms in total. The molecule has 0 aliphatic heterocycles. The van der Waals surface area contributed by atoms with Gasteiger partial charge in [-0.1, -0.05) is 38.1 Å². The van der Waals surface area contributed by atoms with Gasteiger partial charge in [-0.25, -0.2) is 0 Å². The predicted molar refractivity (Wildman–Crippen MR) is 90.4 cm³/mol. The Labute approximate surface area is 137 Å². The lowest BCUT2D eigenvalue weighted by Gasteiger charge is -2.07. The van der Waals surface area contributed by atoms with E-state index in [1.807, 2.05) is 51.2 Å². The van der Waals surface area contributed by atoms with Gasteiger partial charge in [-0.3, -0.25) is 9.48 Å². The van der Waals surface area contributed by atoms with E-state index in [9.17, 15) is 4.79 Å². The number of carbonyl (C=O) groups excluding carboxylic acids is 1. The Kier molecular flexibility index (Phi) is 5.93. The maximum absolute atomic E-state index is 12.4. The Morgan fingerprint density at radius 1 is 1.26 bits per heavy atom. The van der Waals surface area contributed by atoms with Gasteiger partial charge in [0.2, 0.25) is 0 Å². The van der Waals surface area contributed by atoms with Crippen molar-refractivity contribution in [2.45, 2.75) is 46.3 Å². The first-order chi connectivity index (χ1) is 11.0. The molecule has 1 aromatic heterocycles. The van der Waals surface area contributed by atoms with E-state index < -0.39 is 0 Å². The molecule has 1 amide bonds. The number of hydrogen-bond acceptors (Lipinski definition) is 3. The number of aliphatic hydroxyl groups is 1. The number of amides is 1. The van der Waals surface area contributed by atoms with Gasteiger partial charge in [-0.05, 0) is 30.4 Å². The Bertz CT molecular complexity index is 645. The van der Waals surface area contributed by atoms with Gasteiger partial charge >= 0.3 is 0 Å². The third-order valence-corrected chi connectivity index (χ3v) is 3.81. The fourth-order valence-electron chi connectivity index (χ4n) is 2.43. The van der Waals surface area contributed by atoms with Gasteiger partial charge in [-0.15, -0.1) is 0 Å². The minimum absolute atomic E-state index is 0.0520. The fraction of sp³-hybridized carbons (Fsp3) is 0.444. The summed E-state index contributed by atoms with van der Waals surface area (Å²) in [6, 6.07) is 7.76. The summed E-state index contributed by atoms with van der Waals surface area (Å²) in [4.78, 5) is 12.4. The minimum Gasteiger partial charge on any atom is -0.392 e. The van der Waals surface area contributed by atoms with E-state index in [0.29, 0.717) is 12.1 Å². The van der Waals surface area contributed by atoms with E-state index in [0.717, 1.165) is 29.8 Å². The van der Waals surface area contributed by atoms with Crippen LogP contribution in [0.1, 0.15) is 53.9 Å². The first-order valence-electron chi connectivity index (χ1n) is 8.09. The molecule has 1 heterocycles. The van der Waals surface area contributed by atoms with Crippen LogP contribution in [-0.4, -0.2) is 27.3 Å². The zero-order valence-electron chi connectivity index (χ0n) is 14.0. The van der Waals surface area contributed by atoms with Crippen molar-refractivity contribution < 1.29 is 9.90 Å². The maximum Gasteiger partial charge on any atom is 0.254 e. The quantitative estimate of drug-likeness (QED) is 0.825. The lowest BCUT2D eigenvalue weighted by Crippen LogP contribution is -2.26. The number of aromatic nitrogens is 2. The minimum atomic E-state index is -0.0691. The maximum atomic E-state index is 12.4. The first kappa shape index (κ1) is 17.2. The van der Waals surface area contributed by atoms with E-state index >= 15 is 0 Å². The van der Waals surface area contributed by atoms with Crippen molar-refractivity contribution in [3.63, 3.8) is 0 Å². The topological polar surface area (TPSA) is 67.2 Å². The highest BCUT2D eigenvalue weighted by Crippen LogP contribution is 2.17. The summed E-state index contributed by atoms with van der Waals surface area (Å²) in [6.45, 7) is 7.48. The number of nitrogens with one attached hydrogen (secondary N) is 1. The van der Waals surface area contributed by atoms with Crippen molar-refractivity contribution >= 4 is 5.91 Å². The molecule has 0 aliphatic carbocycles. The second-order valence-corrected chi connectivity index (χ2v) is 5.92. The average molecular weight is 315 g/mol. The first-order valence-corrected chi connectivity index (χ1v) is 8.09. The van der Waals surface area contributed by atoms with Crippen molar-refractivity contribution in [2.75, 3.05) is 6.54 Å². The molecule has 0 saturated carbocycles. The molecule has 0 bridgehead atoms. The van der Waals surface area contributed by atoms with Crippen LogP contribution in [0, 0.1) is 0 Å². The molecule has 0 radical (unpaired) electrons. The van der Waals surface area contributed by atoms with Crippen molar-refractivity contribution in [1.29, 1.82) is 0 Å². The van der Waals surface area contributed by atoms with Crippen LogP contribution in [0.2, 0.25) is 0 Å². The molecule has 0 fully saturated rings. The summed E-state index contributed by atoms with van der Waals surface area (Å²) in [6.07, 6.45) is 2.58. The molecule has 0 unspecified atom stereocenters. The van der Waals surface area contributed by atoms with E-state index in [1.54, 1.807) is 4.68 Å². The number of aryl methyl sites for hydroxylation is 1. The van der Waals surface area contributed by atoms with Crippen molar-refractivity contribution in [3.05, 3.63) is 52.8 Å². The summed E-state index contributed by atoms with van der Waals surface area (Å²) in [5, 5.41) is 16.5. The third-order valence-electron chi connectivity index (χ3n) is 3.81. The Balaban J connectivity index is 1.95. The summed E-state index contributed by atoms with van der Waals surface area (Å²) in [5.41, 5.74) is 3.54. The van der Waals surface area contributed by atoms with E-state index in [2.05, 4.69) is 10.4 Å². The monoisotopic (exact) mass is 315 g/mol. The molecule has 0 spiro atoms. The molecule has 124 valence electrons. The highest BCUT2D eigenvalue weighted by atomic mass is 16.3. The van der Waals surface area contributed by atoms with Gasteiger partial charge in [0.25, 0.3) is 5.91 Å². The number of hydrogen-bond donors (Lipinski definition) is 2. The fourth-order valence-corrected chi connectivity index (χ4v) is 2.43. The van der Waals surface area contributed by atoms with Crippen LogP contribution in [0.4, 0.5) is 0 Å². The molecule has 0 atom stereocenters. The summed E-state index contributed by atoms with van der Waals surface area (Å²) < 4.78 is 1.80. The van der Waals surface area contributed by atoms with E-state index in [-0.39, 0.29) is 18.4 Å². The molecule has 0 saturated heterocycles. The van der Waals surface area contributed by atoms with Crippen LogP contribution in [-0.2, 0) is 19.6 Å². The molecule has 23 heavy (non-hydrogen) atoms. The Morgan fingerprint density at radius 3 is 2.48 bits per heavy atom. The summed E-state index contributed by atoms with van der Waals surface area (Å²) in [7, 11) is 0. The molecule has 1 aromatic carbocycles. The summed E-state index contributed by atoms with van der Waals surface area (Å²) in [5.74, 6) is 0.148. The van der Waals surface area contributed by atoms with Crippen molar-refractivity contribution in [1.82, 2.24) is 15.1 Å².